The molecule has 0 aliphatic rings. The van der Waals surface area contributed by atoms with Gasteiger partial charge in [-0.05, 0) is 36.5 Å². The molecule has 0 N–H and O–H groups in total. The first-order valence-electron chi connectivity index (χ1n) is 7.93. The fourth-order valence-electron chi connectivity index (χ4n) is 2.64. The van der Waals surface area contributed by atoms with E-state index in [0.717, 1.165) is 21.0 Å². The standard InChI is InChI=1S/C19H22N2S/c1-5-12(2)14(4)15-7-9-16(10-8-15)18-21-17-11-6-13(3)20-19(17)22-18/h6-12,14H,5H2,1-4H3. The molecule has 3 heteroatoms. The summed E-state index contributed by atoms with van der Waals surface area (Å²) < 4.78 is 0. The highest BCUT2D eigenvalue weighted by atomic mass is 32.1. The zero-order valence-electron chi connectivity index (χ0n) is 13.6. The molecule has 0 spiro atoms. The van der Waals surface area contributed by atoms with Crippen molar-refractivity contribution in [3.8, 4) is 10.6 Å². The molecule has 1 aromatic carbocycles. The van der Waals surface area contributed by atoms with Crippen molar-refractivity contribution in [2.24, 2.45) is 5.92 Å². The lowest BCUT2D eigenvalue weighted by molar-refractivity contribution is 0.473. The molecule has 0 aliphatic carbocycles. The van der Waals surface area contributed by atoms with Crippen molar-refractivity contribution in [2.75, 3.05) is 0 Å². The molecule has 0 aliphatic heterocycles. The van der Waals surface area contributed by atoms with Gasteiger partial charge in [-0.3, -0.25) is 0 Å². The van der Waals surface area contributed by atoms with Gasteiger partial charge in [0, 0.05) is 11.3 Å². The van der Waals surface area contributed by atoms with Crippen LogP contribution in [0.5, 0.6) is 0 Å². The predicted octanol–water partition coefficient (Wildman–Crippen LogP) is 5.82. The number of hydrogen-bond donors (Lipinski definition) is 0. The number of thiazole rings is 1. The summed E-state index contributed by atoms with van der Waals surface area (Å²) in [7, 11) is 0. The van der Waals surface area contributed by atoms with Crippen LogP contribution in [0.15, 0.2) is 36.4 Å². The second kappa shape index (κ2) is 6.17. The van der Waals surface area contributed by atoms with Gasteiger partial charge in [0.15, 0.2) is 0 Å². The van der Waals surface area contributed by atoms with E-state index in [2.05, 4.69) is 56.1 Å². The van der Waals surface area contributed by atoms with E-state index in [1.54, 1.807) is 11.3 Å². The lowest BCUT2D eigenvalue weighted by Gasteiger charge is -2.18. The second-order valence-corrected chi connectivity index (χ2v) is 7.07. The van der Waals surface area contributed by atoms with Gasteiger partial charge < -0.3 is 0 Å². The Morgan fingerprint density at radius 1 is 1.00 bits per heavy atom. The van der Waals surface area contributed by atoms with E-state index in [-0.39, 0.29) is 0 Å². The first kappa shape index (κ1) is 15.2. The van der Waals surface area contributed by atoms with Gasteiger partial charge >= 0.3 is 0 Å². The lowest BCUT2D eigenvalue weighted by Crippen LogP contribution is -2.04. The average molecular weight is 310 g/mol. The van der Waals surface area contributed by atoms with E-state index in [4.69, 9.17) is 4.98 Å². The minimum atomic E-state index is 0.596. The molecule has 2 aromatic heterocycles. The Bertz CT molecular complexity index is 774. The number of nitrogens with zero attached hydrogens (tertiary/aromatic N) is 2. The molecule has 3 aromatic rings. The van der Waals surface area contributed by atoms with E-state index >= 15 is 0 Å². The maximum atomic E-state index is 4.71. The van der Waals surface area contributed by atoms with E-state index in [1.165, 1.54) is 17.5 Å². The van der Waals surface area contributed by atoms with Crippen LogP contribution in [0.2, 0.25) is 0 Å². The number of aromatic nitrogens is 2. The molecule has 2 nitrogen and oxygen atoms in total. The highest BCUT2D eigenvalue weighted by Gasteiger charge is 2.13. The molecule has 2 atom stereocenters. The van der Waals surface area contributed by atoms with Crippen molar-refractivity contribution in [2.45, 2.75) is 40.0 Å². The van der Waals surface area contributed by atoms with E-state index in [0.29, 0.717) is 11.8 Å². The molecule has 0 fully saturated rings. The molecule has 114 valence electrons. The molecule has 2 unspecified atom stereocenters. The zero-order chi connectivity index (χ0) is 15.7. The Hall–Kier alpha value is -1.74. The summed E-state index contributed by atoms with van der Waals surface area (Å²) in [6.07, 6.45) is 1.21. The Morgan fingerprint density at radius 3 is 2.41 bits per heavy atom. The highest BCUT2D eigenvalue weighted by Crippen LogP contribution is 2.32. The normalized spacial score (nSPS) is 14.2. The fraction of sp³-hybridized carbons (Fsp3) is 0.368. The summed E-state index contributed by atoms with van der Waals surface area (Å²) in [6, 6.07) is 12.9. The van der Waals surface area contributed by atoms with Crippen LogP contribution in [0.25, 0.3) is 20.9 Å². The Morgan fingerprint density at radius 2 is 1.73 bits per heavy atom. The van der Waals surface area contributed by atoms with E-state index in [9.17, 15) is 0 Å². The third kappa shape index (κ3) is 2.91. The molecular weight excluding hydrogens is 288 g/mol. The summed E-state index contributed by atoms with van der Waals surface area (Å²) in [5, 5.41) is 1.05. The van der Waals surface area contributed by atoms with Gasteiger partial charge in [-0.25, -0.2) is 9.97 Å². The number of benzene rings is 1. The quantitative estimate of drug-likeness (QED) is 0.607. The Labute approximate surface area is 136 Å². The van der Waals surface area contributed by atoms with Crippen LogP contribution in [-0.2, 0) is 0 Å². The third-order valence-corrected chi connectivity index (χ3v) is 5.59. The molecule has 0 amide bonds. The summed E-state index contributed by atoms with van der Waals surface area (Å²) >= 11 is 1.67. The van der Waals surface area contributed by atoms with Crippen LogP contribution in [0.4, 0.5) is 0 Å². The Balaban J connectivity index is 1.91. The van der Waals surface area contributed by atoms with Crippen molar-refractivity contribution in [3.05, 3.63) is 47.7 Å². The van der Waals surface area contributed by atoms with Gasteiger partial charge in [0.1, 0.15) is 15.4 Å². The number of aryl methyl sites for hydroxylation is 1. The zero-order valence-corrected chi connectivity index (χ0v) is 14.4. The van der Waals surface area contributed by atoms with Crippen LogP contribution < -0.4 is 0 Å². The average Bonchev–Trinajstić information content (AvgIpc) is 2.96. The van der Waals surface area contributed by atoms with Gasteiger partial charge in [-0.2, -0.15) is 0 Å². The minimum absolute atomic E-state index is 0.596. The summed E-state index contributed by atoms with van der Waals surface area (Å²) in [6.45, 7) is 8.91. The van der Waals surface area contributed by atoms with Gasteiger partial charge in [-0.1, -0.05) is 62.8 Å². The summed E-state index contributed by atoms with van der Waals surface area (Å²) in [5.74, 6) is 1.30. The van der Waals surface area contributed by atoms with Gasteiger partial charge in [-0.15, -0.1) is 0 Å². The van der Waals surface area contributed by atoms with Crippen molar-refractivity contribution >= 4 is 21.7 Å². The maximum absolute atomic E-state index is 4.71. The predicted molar refractivity (Wildman–Crippen MR) is 95.5 cm³/mol. The number of hydrogen-bond acceptors (Lipinski definition) is 3. The second-order valence-electron chi connectivity index (χ2n) is 6.09. The molecule has 0 saturated heterocycles. The Kier molecular flexibility index (Phi) is 4.25. The molecular formula is C19H22N2S. The summed E-state index contributed by atoms with van der Waals surface area (Å²) in [5.41, 5.74) is 4.62. The lowest BCUT2D eigenvalue weighted by atomic mass is 9.87. The molecule has 0 saturated carbocycles. The molecule has 22 heavy (non-hydrogen) atoms. The van der Waals surface area contributed by atoms with Crippen molar-refractivity contribution in [1.29, 1.82) is 0 Å². The summed E-state index contributed by atoms with van der Waals surface area (Å²) in [4.78, 5) is 10.3. The van der Waals surface area contributed by atoms with Crippen LogP contribution in [0, 0.1) is 12.8 Å². The largest absolute Gasteiger partial charge is 0.241 e. The van der Waals surface area contributed by atoms with Gasteiger partial charge in [0.05, 0.1) is 0 Å². The number of pyridine rings is 1. The maximum Gasteiger partial charge on any atom is 0.144 e. The van der Waals surface area contributed by atoms with Crippen LogP contribution in [0.1, 0.15) is 44.4 Å². The smallest absolute Gasteiger partial charge is 0.144 e. The first-order valence-corrected chi connectivity index (χ1v) is 8.74. The molecule has 0 bridgehead atoms. The number of fused-ring (bicyclic) bond motifs is 1. The molecule has 3 rings (SSSR count). The third-order valence-electron chi connectivity index (χ3n) is 4.58. The first-order chi connectivity index (χ1) is 10.6. The van der Waals surface area contributed by atoms with E-state index in [1.807, 2.05) is 13.0 Å². The van der Waals surface area contributed by atoms with Gasteiger partial charge in [0.25, 0.3) is 0 Å². The fourth-order valence-corrected chi connectivity index (χ4v) is 3.63. The SMILES string of the molecule is CCC(C)C(C)c1ccc(-c2nc3ccc(C)nc3s2)cc1. The molecule has 0 radical (unpaired) electrons. The van der Waals surface area contributed by atoms with Crippen LogP contribution >= 0.6 is 11.3 Å². The van der Waals surface area contributed by atoms with Crippen molar-refractivity contribution in [1.82, 2.24) is 9.97 Å². The number of rotatable bonds is 4. The van der Waals surface area contributed by atoms with E-state index < -0.39 is 0 Å². The van der Waals surface area contributed by atoms with Crippen molar-refractivity contribution in [3.63, 3.8) is 0 Å². The van der Waals surface area contributed by atoms with Crippen LogP contribution in [-0.4, -0.2) is 9.97 Å². The minimum Gasteiger partial charge on any atom is -0.241 e. The topological polar surface area (TPSA) is 25.8 Å². The molecule has 2 heterocycles. The van der Waals surface area contributed by atoms with Gasteiger partial charge in [0.2, 0.25) is 0 Å². The van der Waals surface area contributed by atoms with Crippen LogP contribution in [0.3, 0.4) is 0 Å². The highest BCUT2D eigenvalue weighted by molar-refractivity contribution is 7.21. The monoisotopic (exact) mass is 310 g/mol. The van der Waals surface area contributed by atoms with Crippen molar-refractivity contribution < 1.29 is 0 Å².